The quantitative estimate of drug-likeness (QED) is 0.690. The van der Waals surface area contributed by atoms with Gasteiger partial charge in [-0.3, -0.25) is 19.8 Å². The number of ether oxygens (including phenoxy) is 3. The third kappa shape index (κ3) is 3.34. The van der Waals surface area contributed by atoms with E-state index >= 15 is 0 Å². The van der Waals surface area contributed by atoms with Gasteiger partial charge in [-0.05, 0) is 0 Å². The van der Waals surface area contributed by atoms with Gasteiger partial charge >= 0.3 is 5.69 Å². The molecular formula is C14H15N3O6. The minimum absolute atomic E-state index is 0.182. The van der Waals surface area contributed by atoms with Gasteiger partial charge in [-0.1, -0.05) is 0 Å². The molecule has 1 heterocycles. The normalized spacial score (nSPS) is 10.7. The third-order valence-corrected chi connectivity index (χ3v) is 2.95. The van der Waals surface area contributed by atoms with Gasteiger partial charge in [0.1, 0.15) is 5.56 Å². The van der Waals surface area contributed by atoms with Crippen LogP contribution in [0.4, 0.5) is 5.69 Å². The molecule has 9 heteroatoms. The Balaban J connectivity index is 2.48. The zero-order valence-corrected chi connectivity index (χ0v) is 12.7. The van der Waals surface area contributed by atoms with E-state index in [1.54, 1.807) is 12.1 Å². The smallest absolute Gasteiger partial charge is 0.328 e. The summed E-state index contributed by atoms with van der Waals surface area (Å²) in [5, 5.41) is 9.60. The Morgan fingerprint density at radius 3 is 2.13 bits per heavy atom. The Morgan fingerprint density at radius 2 is 1.65 bits per heavy atom. The van der Waals surface area contributed by atoms with Crippen molar-refractivity contribution in [1.82, 2.24) is 9.97 Å². The summed E-state index contributed by atoms with van der Waals surface area (Å²) in [7, 11) is 4.40. The van der Waals surface area contributed by atoms with Crippen molar-refractivity contribution < 1.29 is 19.3 Å². The molecule has 3 N–H and O–H groups in total. The molecule has 1 aromatic heterocycles. The summed E-state index contributed by atoms with van der Waals surface area (Å²) in [5.74, 6) is 0.603. The highest BCUT2D eigenvalue weighted by atomic mass is 16.5. The Morgan fingerprint density at radius 1 is 1.04 bits per heavy atom. The van der Waals surface area contributed by atoms with Gasteiger partial charge in [0.25, 0.3) is 5.56 Å². The Kier molecular flexibility index (Phi) is 4.69. The van der Waals surface area contributed by atoms with Gasteiger partial charge in [0.15, 0.2) is 11.5 Å². The molecule has 0 saturated heterocycles. The largest absolute Gasteiger partial charge is 0.494 e. The van der Waals surface area contributed by atoms with E-state index in [0.717, 1.165) is 6.21 Å². The molecule has 1 aromatic carbocycles. The lowest BCUT2D eigenvalue weighted by molar-refractivity contribution is 0.324. The molecular weight excluding hydrogens is 306 g/mol. The molecule has 0 amide bonds. The lowest BCUT2D eigenvalue weighted by atomic mass is 10.2. The number of nitrogens with one attached hydrogen (secondary N) is 2. The van der Waals surface area contributed by atoms with Crippen LogP contribution in [-0.4, -0.2) is 42.6 Å². The number of nitrogens with zero attached hydrogens (tertiary/aromatic N) is 1. The second kappa shape index (κ2) is 6.69. The van der Waals surface area contributed by atoms with E-state index in [4.69, 9.17) is 14.2 Å². The van der Waals surface area contributed by atoms with Gasteiger partial charge in [-0.25, -0.2) is 4.79 Å². The van der Waals surface area contributed by atoms with Crippen LogP contribution in [0.3, 0.4) is 0 Å². The first-order valence-electron chi connectivity index (χ1n) is 6.39. The van der Waals surface area contributed by atoms with Crippen molar-refractivity contribution >= 4 is 11.9 Å². The Bertz CT molecular complexity index is 827. The predicted molar refractivity (Wildman–Crippen MR) is 82.7 cm³/mol. The van der Waals surface area contributed by atoms with Crippen molar-refractivity contribution in [3.8, 4) is 23.1 Å². The molecule has 2 aromatic rings. The summed E-state index contributed by atoms with van der Waals surface area (Å²) >= 11 is 0. The van der Waals surface area contributed by atoms with Gasteiger partial charge in [0.05, 0.1) is 27.0 Å². The van der Waals surface area contributed by atoms with Crippen LogP contribution in [-0.2, 0) is 0 Å². The predicted octanol–water partition coefficient (Wildman–Crippen LogP) is 0.545. The molecule has 0 fully saturated rings. The van der Waals surface area contributed by atoms with E-state index in [2.05, 4.69) is 9.98 Å². The summed E-state index contributed by atoms with van der Waals surface area (Å²) in [5.41, 5.74) is -1.36. The number of methoxy groups -OCH3 is 3. The maximum Gasteiger partial charge on any atom is 0.328 e. The molecule has 0 aliphatic carbocycles. The van der Waals surface area contributed by atoms with Gasteiger partial charge in [0, 0.05) is 18.3 Å². The number of H-pyrrole nitrogens is 2. The maximum atomic E-state index is 11.6. The van der Waals surface area contributed by atoms with Crippen molar-refractivity contribution in [3.05, 3.63) is 38.5 Å². The monoisotopic (exact) mass is 321 g/mol. The molecule has 0 aliphatic heterocycles. The van der Waals surface area contributed by atoms with E-state index in [1.807, 2.05) is 4.98 Å². The lowest BCUT2D eigenvalue weighted by Gasteiger charge is -2.12. The van der Waals surface area contributed by atoms with E-state index in [9.17, 15) is 14.7 Å². The fraction of sp³-hybridized carbons (Fsp3) is 0.214. The first-order chi connectivity index (χ1) is 11.0. The van der Waals surface area contributed by atoms with Gasteiger partial charge < -0.3 is 19.3 Å². The van der Waals surface area contributed by atoms with Gasteiger partial charge in [-0.15, -0.1) is 0 Å². The molecule has 0 unspecified atom stereocenters. The zero-order valence-electron chi connectivity index (χ0n) is 12.7. The third-order valence-electron chi connectivity index (χ3n) is 2.95. The number of aromatic nitrogens is 2. The van der Waals surface area contributed by atoms with Crippen LogP contribution in [0.1, 0.15) is 5.56 Å². The Labute approximate surface area is 130 Å². The van der Waals surface area contributed by atoms with E-state index < -0.39 is 17.1 Å². The molecule has 122 valence electrons. The highest BCUT2D eigenvalue weighted by Gasteiger charge is 2.13. The molecule has 0 spiro atoms. The minimum Gasteiger partial charge on any atom is -0.494 e. The second-order valence-electron chi connectivity index (χ2n) is 4.31. The summed E-state index contributed by atoms with van der Waals surface area (Å²) in [6.45, 7) is 0. The molecule has 0 bridgehead atoms. The first kappa shape index (κ1) is 16.1. The molecule has 0 atom stereocenters. The summed E-state index contributed by atoms with van der Waals surface area (Å²) in [6.07, 6.45) is 1.12. The number of aromatic hydroxyl groups is 1. The van der Waals surface area contributed by atoms with Crippen molar-refractivity contribution in [2.75, 3.05) is 21.3 Å². The number of rotatable bonds is 5. The topological polar surface area (TPSA) is 126 Å². The Hall–Kier alpha value is -3.23. The minimum atomic E-state index is -0.808. The van der Waals surface area contributed by atoms with E-state index in [1.165, 1.54) is 21.3 Å². The molecule has 0 radical (unpaired) electrons. The number of hydrogen-bond acceptors (Lipinski definition) is 7. The van der Waals surface area contributed by atoms with Crippen LogP contribution in [0.2, 0.25) is 0 Å². The van der Waals surface area contributed by atoms with Crippen molar-refractivity contribution in [2.24, 2.45) is 4.99 Å². The molecule has 2 rings (SSSR count). The standard InChI is InChI=1S/C14H15N3O6/c1-21-9-4-7(5-10(22-2)11(9)23-3)15-6-8-12(18)16-14(20)17-13(8)19/h4-6H,1-3H3,(H3,16,17,18,19,20). The van der Waals surface area contributed by atoms with Crippen molar-refractivity contribution in [3.63, 3.8) is 0 Å². The summed E-state index contributed by atoms with van der Waals surface area (Å²) < 4.78 is 15.6. The average molecular weight is 321 g/mol. The highest BCUT2D eigenvalue weighted by Crippen LogP contribution is 2.40. The lowest BCUT2D eigenvalue weighted by Crippen LogP contribution is -2.24. The first-order valence-corrected chi connectivity index (χ1v) is 6.39. The van der Waals surface area contributed by atoms with E-state index in [0.29, 0.717) is 22.9 Å². The summed E-state index contributed by atoms with van der Waals surface area (Å²) in [4.78, 5) is 30.8. The van der Waals surface area contributed by atoms with Crippen LogP contribution in [0, 0.1) is 0 Å². The van der Waals surface area contributed by atoms with Crippen LogP contribution < -0.4 is 25.5 Å². The number of aromatic amines is 2. The molecule has 0 saturated carbocycles. The SMILES string of the molecule is COc1cc(N=Cc2c(O)[nH]c(=O)[nH]c2=O)cc(OC)c1OC. The van der Waals surface area contributed by atoms with Crippen LogP contribution in [0.25, 0.3) is 0 Å². The van der Waals surface area contributed by atoms with E-state index in [-0.39, 0.29) is 5.56 Å². The second-order valence-corrected chi connectivity index (χ2v) is 4.31. The van der Waals surface area contributed by atoms with Crippen LogP contribution in [0.15, 0.2) is 26.7 Å². The van der Waals surface area contributed by atoms with Crippen molar-refractivity contribution in [1.29, 1.82) is 0 Å². The van der Waals surface area contributed by atoms with Gasteiger partial charge in [0.2, 0.25) is 11.6 Å². The number of aliphatic imine (C=N–C) groups is 1. The fourth-order valence-corrected chi connectivity index (χ4v) is 1.88. The molecule has 9 nitrogen and oxygen atoms in total. The fourth-order valence-electron chi connectivity index (χ4n) is 1.88. The van der Waals surface area contributed by atoms with Crippen LogP contribution in [0.5, 0.6) is 23.1 Å². The highest BCUT2D eigenvalue weighted by molar-refractivity contribution is 5.84. The zero-order chi connectivity index (χ0) is 17.0. The number of hydrogen-bond donors (Lipinski definition) is 3. The van der Waals surface area contributed by atoms with Crippen LogP contribution >= 0.6 is 0 Å². The summed E-state index contributed by atoms with van der Waals surface area (Å²) in [6, 6.07) is 3.13. The van der Waals surface area contributed by atoms with Crippen molar-refractivity contribution in [2.45, 2.75) is 0 Å². The van der Waals surface area contributed by atoms with Gasteiger partial charge in [-0.2, -0.15) is 0 Å². The molecule has 23 heavy (non-hydrogen) atoms. The maximum absolute atomic E-state index is 11.6. The number of benzene rings is 1. The average Bonchev–Trinajstić information content (AvgIpc) is 2.52. The molecule has 0 aliphatic rings.